The van der Waals surface area contributed by atoms with Crippen LogP contribution >= 0.6 is 0 Å². The fourth-order valence-electron chi connectivity index (χ4n) is 0.960. The van der Waals surface area contributed by atoms with Crippen LogP contribution in [-0.2, 0) is 0 Å². The third-order valence-corrected chi connectivity index (χ3v) is 1.46. The van der Waals surface area contributed by atoms with Crippen molar-refractivity contribution in [3.8, 4) is 11.5 Å². The van der Waals surface area contributed by atoms with Crippen molar-refractivity contribution in [1.82, 2.24) is 0 Å². The van der Waals surface area contributed by atoms with E-state index in [1.165, 1.54) is 6.61 Å². The lowest BCUT2D eigenvalue weighted by Crippen LogP contribution is -2.05. The van der Waals surface area contributed by atoms with Gasteiger partial charge in [-0.05, 0) is 19.1 Å². The number of nitrogens with two attached hydrogens (primary N) is 1. The monoisotopic (exact) mass is 180 g/mol. The summed E-state index contributed by atoms with van der Waals surface area (Å²) in [4.78, 5) is 0. The van der Waals surface area contributed by atoms with Crippen molar-refractivity contribution in [2.75, 3.05) is 13.2 Å². The van der Waals surface area contributed by atoms with E-state index in [-0.39, 0.29) is 0 Å². The molecule has 0 amide bonds. The molecule has 0 aromatic heterocycles. The fraction of sp³-hybridized carbons (Fsp3) is 0.300. The zero-order valence-electron chi connectivity index (χ0n) is 7.69. The molecule has 3 heteroatoms. The van der Waals surface area contributed by atoms with E-state index in [4.69, 9.17) is 15.2 Å². The lowest BCUT2D eigenvalue weighted by Gasteiger charge is -2.09. The summed E-state index contributed by atoms with van der Waals surface area (Å²) in [5.74, 6) is 1.45. The first-order chi connectivity index (χ1) is 6.38. The first kappa shape index (κ1) is 9.86. The standard InChI is InChI=1S/C10H14NO2/c1-2-12-9-5-3-4-6-10(9)13-8-7-11/h3-6,8H,2,7,11H2,1H3. The highest BCUT2D eigenvalue weighted by atomic mass is 16.5. The van der Waals surface area contributed by atoms with Crippen LogP contribution in [0.1, 0.15) is 6.92 Å². The van der Waals surface area contributed by atoms with Crippen LogP contribution in [0.2, 0.25) is 0 Å². The summed E-state index contributed by atoms with van der Waals surface area (Å²) in [6, 6.07) is 7.50. The molecule has 13 heavy (non-hydrogen) atoms. The second-order valence-electron chi connectivity index (χ2n) is 2.40. The predicted octanol–water partition coefficient (Wildman–Crippen LogP) is 1.58. The summed E-state index contributed by atoms with van der Waals surface area (Å²) in [7, 11) is 0. The minimum atomic E-state index is 0.389. The molecule has 2 N–H and O–H groups in total. The Labute approximate surface area is 78.5 Å². The van der Waals surface area contributed by atoms with Crippen molar-refractivity contribution in [1.29, 1.82) is 0 Å². The molecule has 0 fully saturated rings. The molecule has 71 valence electrons. The molecule has 1 radical (unpaired) electrons. The second kappa shape index (κ2) is 5.43. The molecule has 0 aliphatic carbocycles. The maximum Gasteiger partial charge on any atom is 0.161 e. The van der Waals surface area contributed by atoms with Crippen molar-refractivity contribution in [3.05, 3.63) is 30.9 Å². The Morgan fingerprint density at radius 1 is 1.31 bits per heavy atom. The van der Waals surface area contributed by atoms with Gasteiger partial charge in [0, 0.05) is 6.54 Å². The SMILES string of the molecule is CCOc1ccccc1O[CH]CN. The highest BCUT2D eigenvalue weighted by Gasteiger charge is 2.01. The van der Waals surface area contributed by atoms with Gasteiger partial charge in [-0.2, -0.15) is 0 Å². The number of hydrogen-bond donors (Lipinski definition) is 1. The van der Waals surface area contributed by atoms with E-state index in [1.54, 1.807) is 0 Å². The van der Waals surface area contributed by atoms with Crippen LogP contribution in [0, 0.1) is 6.61 Å². The van der Waals surface area contributed by atoms with Crippen LogP contribution in [0.25, 0.3) is 0 Å². The molecular formula is C10H14NO2. The topological polar surface area (TPSA) is 44.5 Å². The summed E-state index contributed by atoms with van der Waals surface area (Å²) in [6.45, 7) is 4.49. The third kappa shape index (κ3) is 2.95. The van der Waals surface area contributed by atoms with Gasteiger partial charge in [-0.3, -0.25) is 0 Å². The molecule has 1 aromatic rings. The Bertz CT molecular complexity index is 250. The maximum absolute atomic E-state index is 5.35. The van der Waals surface area contributed by atoms with Gasteiger partial charge >= 0.3 is 0 Å². The molecule has 0 heterocycles. The van der Waals surface area contributed by atoms with E-state index in [1.807, 2.05) is 31.2 Å². The number of rotatable bonds is 5. The molecular weight excluding hydrogens is 166 g/mol. The summed E-state index contributed by atoms with van der Waals surface area (Å²) >= 11 is 0. The lowest BCUT2D eigenvalue weighted by molar-refractivity contribution is 0.310. The summed E-state index contributed by atoms with van der Waals surface area (Å²) in [5, 5.41) is 0. The van der Waals surface area contributed by atoms with Gasteiger partial charge in [0.25, 0.3) is 0 Å². The first-order valence-electron chi connectivity index (χ1n) is 4.28. The van der Waals surface area contributed by atoms with E-state index >= 15 is 0 Å². The molecule has 0 saturated heterocycles. The van der Waals surface area contributed by atoms with Gasteiger partial charge in [0.15, 0.2) is 11.5 Å². The smallest absolute Gasteiger partial charge is 0.161 e. The second-order valence-corrected chi connectivity index (χ2v) is 2.40. The zero-order chi connectivity index (χ0) is 9.52. The number of benzene rings is 1. The van der Waals surface area contributed by atoms with Gasteiger partial charge in [0.2, 0.25) is 0 Å². The van der Waals surface area contributed by atoms with Crippen LogP contribution in [0.5, 0.6) is 11.5 Å². The summed E-state index contributed by atoms with van der Waals surface area (Å²) in [5.41, 5.74) is 5.28. The van der Waals surface area contributed by atoms with E-state index < -0.39 is 0 Å². The largest absolute Gasteiger partial charge is 0.490 e. The van der Waals surface area contributed by atoms with Crippen molar-refractivity contribution < 1.29 is 9.47 Å². The Kier molecular flexibility index (Phi) is 4.12. The van der Waals surface area contributed by atoms with Crippen molar-refractivity contribution in [2.45, 2.75) is 6.92 Å². The predicted molar refractivity (Wildman–Crippen MR) is 51.6 cm³/mol. The molecule has 1 aromatic carbocycles. The Morgan fingerprint density at radius 3 is 2.62 bits per heavy atom. The van der Waals surface area contributed by atoms with E-state index in [0.717, 1.165) is 5.75 Å². The molecule has 0 atom stereocenters. The van der Waals surface area contributed by atoms with Crippen LogP contribution in [-0.4, -0.2) is 13.2 Å². The Balaban J connectivity index is 2.66. The highest BCUT2D eigenvalue weighted by Crippen LogP contribution is 2.26. The van der Waals surface area contributed by atoms with Gasteiger partial charge in [0.1, 0.15) is 6.61 Å². The van der Waals surface area contributed by atoms with E-state index in [2.05, 4.69) is 0 Å². The average Bonchev–Trinajstić information content (AvgIpc) is 2.17. The van der Waals surface area contributed by atoms with E-state index in [0.29, 0.717) is 18.9 Å². The van der Waals surface area contributed by atoms with Gasteiger partial charge in [-0.15, -0.1) is 0 Å². The first-order valence-corrected chi connectivity index (χ1v) is 4.28. The van der Waals surface area contributed by atoms with Crippen LogP contribution < -0.4 is 15.2 Å². The zero-order valence-corrected chi connectivity index (χ0v) is 7.69. The minimum Gasteiger partial charge on any atom is -0.490 e. The van der Waals surface area contributed by atoms with Crippen molar-refractivity contribution >= 4 is 0 Å². The molecule has 1 rings (SSSR count). The van der Waals surface area contributed by atoms with Crippen molar-refractivity contribution in [2.24, 2.45) is 5.73 Å². The highest BCUT2D eigenvalue weighted by molar-refractivity contribution is 5.39. The molecule has 0 aliphatic heterocycles. The van der Waals surface area contributed by atoms with Crippen LogP contribution in [0.3, 0.4) is 0 Å². The van der Waals surface area contributed by atoms with Crippen LogP contribution in [0.4, 0.5) is 0 Å². The maximum atomic E-state index is 5.35. The Hall–Kier alpha value is -1.22. The number of hydrogen-bond acceptors (Lipinski definition) is 3. The van der Waals surface area contributed by atoms with Crippen LogP contribution in [0.15, 0.2) is 24.3 Å². The summed E-state index contributed by atoms with van der Waals surface area (Å²) in [6.07, 6.45) is 0. The third-order valence-electron chi connectivity index (χ3n) is 1.46. The quantitative estimate of drug-likeness (QED) is 0.748. The van der Waals surface area contributed by atoms with Gasteiger partial charge in [-0.25, -0.2) is 0 Å². The van der Waals surface area contributed by atoms with Gasteiger partial charge < -0.3 is 15.2 Å². The molecule has 0 saturated carbocycles. The molecule has 0 bridgehead atoms. The Morgan fingerprint density at radius 2 is 2.00 bits per heavy atom. The minimum absolute atomic E-state index is 0.389. The average molecular weight is 180 g/mol. The van der Waals surface area contributed by atoms with E-state index in [9.17, 15) is 0 Å². The molecule has 0 spiro atoms. The number of ether oxygens (including phenoxy) is 2. The van der Waals surface area contributed by atoms with Crippen molar-refractivity contribution in [3.63, 3.8) is 0 Å². The molecule has 0 unspecified atom stereocenters. The normalized spacial score (nSPS) is 9.69. The molecule has 3 nitrogen and oxygen atoms in total. The molecule has 0 aliphatic rings. The van der Waals surface area contributed by atoms with Gasteiger partial charge in [-0.1, -0.05) is 12.1 Å². The lowest BCUT2D eigenvalue weighted by atomic mass is 10.3. The number of para-hydroxylation sites is 2. The van der Waals surface area contributed by atoms with Gasteiger partial charge in [0.05, 0.1) is 6.61 Å². The fourth-order valence-corrected chi connectivity index (χ4v) is 0.960. The summed E-state index contributed by atoms with van der Waals surface area (Å²) < 4.78 is 10.6.